The molecule has 28 heavy (non-hydrogen) atoms. The number of urea groups is 1. The molecule has 2 aliphatic rings. The molecule has 154 valence electrons. The molecule has 1 aromatic rings. The van der Waals surface area contributed by atoms with Crippen molar-refractivity contribution < 1.29 is 9.59 Å². The summed E-state index contributed by atoms with van der Waals surface area (Å²) in [6.07, 6.45) is 5.65. The molecule has 0 saturated carbocycles. The van der Waals surface area contributed by atoms with Gasteiger partial charge >= 0.3 is 6.03 Å². The van der Waals surface area contributed by atoms with Gasteiger partial charge in [0.1, 0.15) is 0 Å². The van der Waals surface area contributed by atoms with Crippen LogP contribution >= 0.6 is 0 Å². The molecule has 2 saturated heterocycles. The van der Waals surface area contributed by atoms with Gasteiger partial charge in [0.25, 0.3) is 5.91 Å². The second kappa shape index (κ2) is 10.5. The van der Waals surface area contributed by atoms with E-state index in [0.717, 1.165) is 37.9 Å². The molecule has 2 fully saturated rings. The molecule has 3 rings (SSSR count). The van der Waals surface area contributed by atoms with E-state index in [0.29, 0.717) is 31.1 Å². The Morgan fingerprint density at radius 3 is 2.71 bits per heavy atom. The second-order valence-corrected chi connectivity index (χ2v) is 7.90. The third-order valence-corrected chi connectivity index (χ3v) is 5.79. The minimum atomic E-state index is -0.000312. The van der Waals surface area contributed by atoms with Crippen LogP contribution in [0.15, 0.2) is 24.3 Å². The first kappa shape index (κ1) is 20.6. The van der Waals surface area contributed by atoms with E-state index in [9.17, 15) is 9.59 Å². The number of carbonyl (C=O) groups is 2. The first-order valence-electron chi connectivity index (χ1n) is 10.8. The highest BCUT2D eigenvalue weighted by Crippen LogP contribution is 2.27. The summed E-state index contributed by atoms with van der Waals surface area (Å²) in [6, 6.07) is 7.93. The molecule has 6 heteroatoms. The first-order chi connectivity index (χ1) is 13.7. The summed E-state index contributed by atoms with van der Waals surface area (Å²) in [5, 5.41) is 5.94. The van der Waals surface area contributed by atoms with Gasteiger partial charge in [-0.05, 0) is 76.4 Å². The van der Waals surface area contributed by atoms with E-state index < -0.39 is 0 Å². The van der Waals surface area contributed by atoms with Crippen LogP contribution in [0.2, 0.25) is 0 Å². The minimum absolute atomic E-state index is 0.000312. The van der Waals surface area contributed by atoms with E-state index in [2.05, 4.69) is 21.6 Å². The van der Waals surface area contributed by atoms with Gasteiger partial charge < -0.3 is 20.4 Å². The van der Waals surface area contributed by atoms with Crippen LogP contribution in [0, 0.1) is 0 Å². The van der Waals surface area contributed by atoms with Crippen molar-refractivity contribution in [3.05, 3.63) is 35.4 Å². The van der Waals surface area contributed by atoms with Crippen LogP contribution in [0.4, 0.5) is 4.79 Å². The van der Waals surface area contributed by atoms with Crippen LogP contribution in [0.25, 0.3) is 0 Å². The van der Waals surface area contributed by atoms with Gasteiger partial charge in [-0.15, -0.1) is 0 Å². The Balaban J connectivity index is 1.51. The lowest BCUT2D eigenvalue weighted by molar-refractivity contribution is 0.0951. The maximum absolute atomic E-state index is 12.5. The van der Waals surface area contributed by atoms with Crippen molar-refractivity contribution in [2.45, 2.75) is 44.9 Å². The SMILES string of the molecule is CCNC(=O)N1CCCC(c2cccc(C(=O)NCCCN3CCCC3)c2)C1. The minimum Gasteiger partial charge on any atom is -0.352 e. The van der Waals surface area contributed by atoms with Gasteiger partial charge in [0.05, 0.1) is 0 Å². The van der Waals surface area contributed by atoms with Crippen molar-refractivity contribution >= 4 is 11.9 Å². The molecule has 0 radical (unpaired) electrons. The Morgan fingerprint density at radius 1 is 1.11 bits per heavy atom. The largest absolute Gasteiger partial charge is 0.352 e. The van der Waals surface area contributed by atoms with Crippen molar-refractivity contribution in [3.63, 3.8) is 0 Å². The van der Waals surface area contributed by atoms with Gasteiger partial charge in [0, 0.05) is 37.7 Å². The Bertz CT molecular complexity index is 658. The standard InChI is InChI=1S/C22H34N4O2/c1-2-23-22(28)26-15-6-10-20(17-26)18-8-5-9-19(16-18)21(27)24-11-7-14-25-12-3-4-13-25/h5,8-9,16,20H,2-4,6-7,10-15,17H2,1H3,(H,23,28)(H,24,27). The predicted octanol–water partition coefficient (Wildman–Crippen LogP) is 2.81. The van der Waals surface area contributed by atoms with E-state index in [1.165, 1.54) is 25.9 Å². The normalized spacial score (nSPS) is 20.2. The summed E-state index contributed by atoms with van der Waals surface area (Å²) >= 11 is 0. The lowest BCUT2D eigenvalue weighted by atomic mass is 9.89. The molecule has 2 aliphatic heterocycles. The Kier molecular flexibility index (Phi) is 7.71. The van der Waals surface area contributed by atoms with Crippen molar-refractivity contribution in [2.75, 3.05) is 45.8 Å². The number of rotatable bonds is 7. The van der Waals surface area contributed by atoms with E-state index >= 15 is 0 Å². The number of piperidine rings is 1. The third kappa shape index (κ3) is 5.71. The average molecular weight is 387 g/mol. The summed E-state index contributed by atoms with van der Waals surface area (Å²) < 4.78 is 0. The van der Waals surface area contributed by atoms with Crippen molar-refractivity contribution in [1.29, 1.82) is 0 Å². The van der Waals surface area contributed by atoms with Gasteiger partial charge in [-0.25, -0.2) is 4.79 Å². The summed E-state index contributed by atoms with van der Waals surface area (Å²) in [6.45, 7) is 8.29. The topological polar surface area (TPSA) is 64.7 Å². The molecule has 2 heterocycles. The van der Waals surface area contributed by atoms with E-state index in [1.807, 2.05) is 30.0 Å². The quantitative estimate of drug-likeness (QED) is 0.708. The van der Waals surface area contributed by atoms with Crippen LogP contribution in [-0.4, -0.2) is 67.6 Å². The van der Waals surface area contributed by atoms with Crippen molar-refractivity contribution in [3.8, 4) is 0 Å². The van der Waals surface area contributed by atoms with Gasteiger partial charge in [-0.3, -0.25) is 4.79 Å². The van der Waals surface area contributed by atoms with Gasteiger partial charge in [0.2, 0.25) is 0 Å². The monoisotopic (exact) mass is 386 g/mol. The molecule has 0 aromatic heterocycles. The second-order valence-electron chi connectivity index (χ2n) is 7.90. The number of hydrogen-bond acceptors (Lipinski definition) is 3. The molecule has 1 atom stereocenters. The summed E-state index contributed by atoms with van der Waals surface area (Å²) in [4.78, 5) is 29.0. The Labute approximate surface area is 168 Å². The van der Waals surface area contributed by atoms with Gasteiger partial charge in [-0.2, -0.15) is 0 Å². The number of carbonyl (C=O) groups excluding carboxylic acids is 2. The van der Waals surface area contributed by atoms with Crippen LogP contribution < -0.4 is 10.6 Å². The number of nitrogens with one attached hydrogen (secondary N) is 2. The number of nitrogens with zero attached hydrogens (tertiary/aromatic N) is 2. The number of amides is 3. The maximum atomic E-state index is 12.5. The summed E-state index contributed by atoms with van der Waals surface area (Å²) in [5.74, 6) is 0.291. The molecule has 0 spiro atoms. The highest BCUT2D eigenvalue weighted by atomic mass is 16.2. The van der Waals surface area contributed by atoms with Crippen LogP contribution in [0.1, 0.15) is 60.9 Å². The molecule has 2 N–H and O–H groups in total. The van der Waals surface area contributed by atoms with Gasteiger partial charge in [0.15, 0.2) is 0 Å². The number of benzene rings is 1. The van der Waals surface area contributed by atoms with Crippen LogP contribution in [0.3, 0.4) is 0 Å². The van der Waals surface area contributed by atoms with E-state index in [4.69, 9.17) is 0 Å². The molecule has 0 bridgehead atoms. The third-order valence-electron chi connectivity index (χ3n) is 5.79. The Morgan fingerprint density at radius 2 is 1.93 bits per heavy atom. The van der Waals surface area contributed by atoms with Crippen LogP contribution in [-0.2, 0) is 0 Å². The molecular formula is C22H34N4O2. The average Bonchev–Trinajstić information content (AvgIpc) is 3.25. The summed E-state index contributed by atoms with van der Waals surface area (Å²) in [5.41, 5.74) is 1.87. The molecule has 6 nitrogen and oxygen atoms in total. The van der Waals surface area contributed by atoms with Crippen molar-refractivity contribution in [2.24, 2.45) is 0 Å². The lowest BCUT2D eigenvalue weighted by Gasteiger charge is -2.33. The smallest absolute Gasteiger partial charge is 0.317 e. The lowest BCUT2D eigenvalue weighted by Crippen LogP contribution is -2.44. The van der Waals surface area contributed by atoms with E-state index in [-0.39, 0.29) is 11.9 Å². The highest BCUT2D eigenvalue weighted by molar-refractivity contribution is 5.94. The molecule has 1 unspecified atom stereocenters. The van der Waals surface area contributed by atoms with Crippen LogP contribution in [0.5, 0.6) is 0 Å². The number of hydrogen-bond donors (Lipinski definition) is 2. The fraction of sp³-hybridized carbons (Fsp3) is 0.636. The Hall–Kier alpha value is -2.08. The fourth-order valence-corrected chi connectivity index (χ4v) is 4.24. The maximum Gasteiger partial charge on any atom is 0.317 e. The highest BCUT2D eigenvalue weighted by Gasteiger charge is 2.25. The zero-order chi connectivity index (χ0) is 19.8. The zero-order valence-electron chi connectivity index (χ0n) is 17.1. The fourth-order valence-electron chi connectivity index (χ4n) is 4.24. The first-order valence-corrected chi connectivity index (χ1v) is 10.8. The predicted molar refractivity (Wildman–Crippen MR) is 112 cm³/mol. The molecule has 3 amide bonds. The van der Waals surface area contributed by atoms with Crippen molar-refractivity contribution in [1.82, 2.24) is 20.4 Å². The van der Waals surface area contributed by atoms with E-state index in [1.54, 1.807) is 0 Å². The van der Waals surface area contributed by atoms with Gasteiger partial charge in [-0.1, -0.05) is 12.1 Å². The summed E-state index contributed by atoms with van der Waals surface area (Å²) in [7, 11) is 0. The molecule has 0 aliphatic carbocycles. The number of likely N-dealkylation sites (tertiary alicyclic amines) is 2. The molecular weight excluding hydrogens is 352 g/mol. The molecule has 1 aromatic carbocycles. The zero-order valence-corrected chi connectivity index (χ0v) is 17.1.